The standard InChI is InChI=1S/C40H23N7/c41-23-26-13-16-33-34-17-14-27(24-42)21-37(34)47(36(33)20-26)31-15-18-32(30-12-7-19-43-25-30)35(22-31)40-45-38(28-8-3-1-4-9-28)44-39(46-40)29-10-5-2-6-11-29/h1-22,25H. The van der Waals surface area contributed by atoms with Crippen LogP contribution in [0.4, 0.5) is 0 Å². The molecule has 3 heterocycles. The molecule has 7 heteroatoms. The van der Waals surface area contributed by atoms with Crippen LogP contribution in [0, 0.1) is 22.7 Å². The largest absolute Gasteiger partial charge is 0.309 e. The average molecular weight is 602 g/mol. The summed E-state index contributed by atoms with van der Waals surface area (Å²) in [5, 5.41) is 21.5. The van der Waals surface area contributed by atoms with Gasteiger partial charge in [0.15, 0.2) is 17.5 Å². The van der Waals surface area contributed by atoms with Crippen LogP contribution in [-0.2, 0) is 0 Å². The molecule has 0 fully saturated rings. The summed E-state index contributed by atoms with van der Waals surface area (Å²) in [5.74, 6) is 1.63. The molecule has 7 nitrogen and oxygen atoms in total. The third-order valence-electron chi connectivity index (χ3n) is 8.20. The highest BCUT2D eigenvalue weighted by atomic mass is 15.0. The van der Waals surface area contributed by atoms with Crippen LogP contribution in [0.3, 0.4) is 0 Å². The van der Waals surface area contributed by atoms with Gasteiger partial charge in [0.25, 0.3) is 0 Å². The van der Waals surface area contributed by atoms with E-state index in [4.69, 9.17) is 15.0 Å². The van der Waals surface area contributed by atoms with Crippen LogP contribution in [0.25, 0.3) is 72.8 Å². The minimum absolute atomic E-state index is 0.509. The highest BCUT2D eigenvalue weighted by Crippen LogP contribution is 2.38. The van der Waals surface area contributed by atoms with Gasteiger partial charge >= 0.3 is 0 Å². The maximum Gasteiger partial charge on any atom is 0.164 e. The molecule has 5 aromatic carbocycles. The summed E-state index contributed by atoms with van der Waals surface area (Å²) in [4.78, 5) is 19.4. The van der Waals surface area contributed by atoms with E-state index in [2.05, 4.69) is 33.8 Å². The Morgan fingerprint density at radius 1 is 0.489 bits per heavy atom. The molecule has 0 amide bonds. The highest BCUT2D eigenvalue weighted by molar-refractivity contribution is 6.10. The van der Waals surface area contributed by atoms with Gasteiger partial charge in [0.2, 0.25) is 0 Å². The van der Waals surface area contributed by atoms with Crippen LogP contribution >= 0.6 is 0 Å². The van der Waals surface area contributed by atoms with Crippen LogP contribution in [0.2, 0.25) is 0 Å². The lowest BCUT2D eigenvalue weighted by Crippen LogP contribution is -2.02. The summed E-state index contributed by atoms with van der Waals surface area (Å²) < 4.78 is 2.10. The van der Waals surface area contributed by atoms with Gasteiger partial charge in [0.1, 0.15) is 0 Å². The smallest absolute Gasteiger partial charge is 0.164 e. The van der Waals surface area contributed by atoms with E-state index in [-0.39, 0.29) is 0 Å². The van der Waals surface area contributed by atoms with Crippen LogP contribution in [0.1, 0.15) is 11.1 Å². The monoisotopic (exact) mass is 601 g/mol. The number of fused-ring (bicyclic) bond motifs is 3. The van der Waals surface area contributed by atoms with E-state index in [9.17, 15) is 10.5 Å². The Morgan fingerprint density at radius 2 is 1.04 bits per heavy atom. The molecule has 0 aliphatic rings. The SMILES string of the molecule is N#Cc1ccc2c3ccc(C#N)cc3n(-c3ccc(-c4cccnc4)c(-c4nc(-c5ccccc5)nc(-c5ccccc5)n4)c3)c2c1. The fourth-order valence-corrected chi connectivity index (χ4v) is 6.00. The Morgan fingerprint density at radius 3 is 1.57 bits per heavy atom. The molecule has 0 spiro atoms. The minimum Gasteiger partial charge on any atom is -0.309 e. The molecule has 0 aliphatic carbocycles. The summed E-state index contributed by atoms with van der Waals surface area (Å²) in [7, 11) is 0. The fraction of sp³-hybridized carbons (Fsp3) is 0. The second-order valence-electron chi connectivity index (χ2n) is 11.0. The number of rotatable bonds is 5. The Kier molecular flexibility index (Phi) is 6.76. The Bertz CT molecular complexity index is 2400. The first-order chi connectivity index (χ1) is 23.2. The topological polar surface area (TPSA) is 104 Å². The Labute approximate surface area is 270 Å². The van der Waals surface area contributed by atoms with Gasteiger partial charge in [-0.15, -0.1) is 0 Å². The lowest BCUT2D eigenvalue weighted by molar-refractivity contribution is 1.07. The molecule has 0 unspecified atom stereocenters. The van der Waals surface area contributed by atoms with E-state index in [0.29, 0.717) is 28.6 Å². The number of pyridine rings is 1. The summed E-state index contributed by atoms with van der Waals surface area (Å²) in [5.41, 5.74) is 8.01. The summed E-state index contributed by atoms with van der Waals surface area (Å²) in [6.45, 7) is 0. The van der Waals surface area contributed by atoms with E-state index < -0.39 is 0 Å². The van der Waals surface area contributed by atoms with Crippen LogP contribution in [0.15, 0.2) is 140 Å². The first-order valence-corrected chi connectivity index (χ1v) is 15.0. The normalized spacial score (nSPS) is 10.9. The van der Waals surface area contributed by atoms with Crippen molar-refractivity contribution in [2.45, 2.75) is 0 Å². The summed E-state index contributed by atoms with van der Waals surface area (Å²) >= 11 is 0. The Balaban J connectivity index is 1.44. The van der Waals surface area contributed by atoms with Gasteiger partial charge in [0.05, 0.1) is 34.3 Å². The second-order valence-corrected chi connectivity index (χ2v) is 11.0. The molecule has 8 rings (SSSR count). The van der Waals surface area contributed by atoms with Crippen LogP contribution in [-0.4, -0.2) is 24.5 Å². The van der Waals surface area contributed by atoms with E-state index in [1.165, 1.54) is 0 Å². The molecule has 47 heavy (non-hydrogen) atoms. The van der Waals surface area contributed by atoms with Gasteiger partial charge in [-0.25, -0.2) is 15.0 Å². The number of nitrogens with zero attached hydrogens (tertiary/aromatic N) is 7. The van der Waals surface area contributed by atoms with E-state index in [1.807, 2.05) is 121 Å². The summed E-state index contributed by atoms with van der Waals surface area (Å²) in [6.07, 6.45) is 3.58. The predicted molar refractivity (Wildman–Crippen MR) is 183 cm³/mol. The van der Waals surface area contributed by atoms with E-state index in [1.54, 1.807) is 6.20 Å². The fourth-order valence-electron chi connectivity index (χ4n) is 6.00. The molecular formula is C40H23N7. The van der Waals surface area contributed by atoms with E-state index in [0.717, 1.165) is 55.3 Å². The molecule has 0 saturated carbocycles. The molecule has 0 saturated heterocycles. The molecule has 0 aliphatic heterocycles. The van der Waals surface area contributed by atoms with Crippen molar-refractivity contribution in [2.24, 2.45) is 0 Å². The molecule has 0 N–H and O–H groups in total. The zero-order chi connectivity index (χ0) is 31.7. The van der Waals surface area contributed by atoms with Gasteiger partial charge in [0, 0.05) is 51.1 Å². The lowest BCUT2D eigenvalue weighted by Gasteiger charge is -2.15. The van der Waals surface area contributed by atoms with Gasteiger partial charge in [-0.1, -0.05) is 84.9 Å². The second kappa shape index (κ2) is 11.5. The molecule has 0 atom stereocenters. The molecule has 3 aromatic heterocycles. The molecule has 0 bridgehead atoms. The van der Waals surface area contributed by atoms with Crippen molar-refractivity contribution in [3.63, 3.8) is 0 Å². The van der Waals surface area contributed by atoms with Crippen molar-refractivity contribution in [1.29, 1.82) is 10.5 Å². The van der Waals surface area contributed by atoms with Gasteiger partial charge < -0.3 is 4.57 Å². The predicted octanol–water partition coefficient (Wildman–Crippen LogP) is 8.78. The first-order valence-electron chi connectivity index (χ1n) is 15.0. The van der Waals surface area contributed by atoms with Gasteiger partial charge in [-0.3, -0.25) is 4.98 Å². The van der Waals surface area contributed by atoms with E-state index >= 15 is 0 Å². The molecule has 218 valence electrons. The third-order valence-corrected chi connectivity index (χ3v) is 8.20. The van der Waals surface area contributed by atoms with Crippen molar-refractivity contribution in [2.75, 3.05) is 0 Å². The van der Waals surface area contributed by atoms with Crippen molar-refractivity contribution < 1.29 is 0 Å². The van der Waals surface area contributed by atoms with Crippen molar-refractivity contribution in [3.05, 3.63) is 151 Å². The molecule has 8 aromatic rings. The highest BCUT2D eigenvalue weighted by Gasteiger charge is 2.19. The van der Waals surface area contributed by atoms with Gasteiger partial charge in [-0.2, -0.15) is 10.5 Å². The minimum atomic E-state index is 0.509. The maximum atomic E-state index is 9.78. The quantitative estimate of drug-likeness (QED) is 0.195. The van der Waals surface area contributed by atoms with Crippen LogP contribution < -0.4 is 0 Å². The number of nitriles is 2. The zero-order valence-corrected chi connectivity index (χ0v) is 24.9. The van der Waals surface area contributed by atoms with Gasteiger partial charge in [-0.05, 0) is 48.0 Å². The number of benzene rings is 5. The third kappa shape index (κ3) is 4.95. The van der Waals surface area contributed by atoms with Crippen molar-refractivity contribution in [3.8, 4) is 63.1 Å². The Hall–Kier alpha value is -6.96. The maximum absolute atomic E-state index is 9.78. The lowest BCUT2D eigenvalue weighted by atomic mass is 9.99. The number of hydrogen-bond donors (Lipinski definition) is 0. The molecule has 0 radical (unpaired) electrons. The average Bonchev–Trinajstić information content (AvgIpc) is 3.48. The number of aromatic nitrogens is 5. The molecular weight excluding hydrogens is 578 g/mol. The van der Waals surface area contributed by atoms with Crippen molar-refractivity contribution >= 4 is 21.8 Å². The van der Waals surface area contributed by atoms with Crippen molar-refractivity contribution in [1.82, 2.24) is 24.5 Å². The first kappa shape index (κ1) is 27.6. The summed E-state index contributed by atoms with van der Waals surface area (Å²) in [6, 6.07) is 45.8. The zero-order valence-electron chi connectivity index (χ0n) is 24.9. The van der Waals surface area contributed by atoms with Crippen LogP contribution in [0.5, 0.6) is 0 Å². The number of hydrogen-bond acceptors (Lipinski definition) is 6.